The van der Waals surface area contributed by atoms with Crippen molar-refractivity contribution < 1.29 is 18.3 Å². The maximum atomic E-state index is 12.2. The Hall–Kier alpha value is -0.970. The van der Waals surface area contributed by atoms with Crippen LogP contribution in [0.4, 0.5) is 8.78 Å². The summed E-state index contributed by atoms with van der Waals surface area (Å²) >= 11 is 0. The fourth-order valence-corrected chi connectivity index (χ4v) is 1.87. The molecule has 15 heavy (non-hydrogen) atoms. The van der Waals surface area contributed by atoms with E-state index in [0.29, 0.717) is 25.7 Å². The minimum Gasteiger partial charge on any atom is -0.468 e. The molecule has 1 atom stereocenters. The van der Waals surface area contributed by atoms with Crippen LogP contribution in [0.15, 0.2) is 11.7 Å². The number of carbonyl (C=O) groups is 1. The van der Waals surface area contributed by atoms with Gasteiger partial charge >= 0.3 is 5.97 Å². The Morgan fingerprint density at radius 1 is 1.47 bits per heavy atom. The predicted molar refractivity (Wildman–Crippen MR) is 51.2 cm³/mol. The van der Waals surface area contributed by atoms with E-state index in [4.69, 9.17) is 5.73 Å². The summed E-state index contributed by atoms with van der Waals surface area (Å²) in [6.45, 7) is 0. The van der Waals surface area contributed by atoms with Gasteiger partial charge in [0.05, 0.1) is 7.11 Å². The lowest BCUT2D eigenvalue weighted by Gasteiger charge is -2.26. The van der Waals surface area contributed by atoms with Gasteiger partial charge < -0.3 is 10.5 Å². The molecule has 1 aliphatic rings. The molecule has 86 valence electrons. The molecule has 0 aliphatic heterocycles. The van der Waals surface area contributed by atoms with Gasteiger partial charge in [0, 0.05) is 0 Å². The summed E-state index contributed by atoms with van der Waals surface area (Å²) in [4.78, 5) is 11.1. The molecule has 0 unspecified atom stereocenters. The summed E-state index contributed by atoms with van der Waals surface area (Å²) in [5.41, 5.74) is 5.84. The Labute approximate surface area is 87.3 Å². The third-order valence-corrected chi connectivity index (χ3v) is 2.88. The van der Waals surface area contributed by atoms with Gasteiger partial charge in [-0.1, -0.05) is 0 Å². The molecule has 0 aromatic heterocycles. The molecular weight excluding hydrogens is 204 g/mol. The topological polar surface area (TPSA) is 52.3 Å². The lowest BCUT2D eigenvalue weighted by Crippen LogP contribution is -2.40. The van der Waals surface area contributed by atoms with Crippen molar-refractivity contribution >= 4 is 5.97 Å². The maximum Gasteiger partial charge on any atom is 0.322 e. The average Bonchev–Trinajstić information content (AvgIpc) is 2.27. The van der Waals surface area contributed by atoms with E-state index in [1.54, 1.807) is 0 Å². The Morgan fingerprint density at radius 2 is 2.00 bits per heavy atom. The van der Waals surface area contributed by atoms with Crippen LogP contribution in [-0.4, -0.2) is 19.1 Å². The Balaban J connectivity index is 2.51. The first-order chi connectivity index (χ1) is 7.06. The fourth-order valence-electron chi connectivity index (χ4n) is 1.87. The standard InChI is InChI=1S/C10H15F2NO2/c1-15-10(14)8(13)6-2-4-7(5-3-6)9(11)12/h6,8H,2-5,13H2,1H3/t8-/m0/s1. The number of esters is 1. The molecule has 0 heterocycles. The van der Waals surface area contributed by atoms with Crippen LogP contribution in [0.2, 0.25) is 0 Å². The zero-order chi connectivity index (χ0) is 11.4. The molecule has 0 saturated heterocycles. The first kappa shape index (κ1) is 12.1. The first-order valence-electron chi connectivity index (χ1n) is 4.92. The number of hydrogen-bond donors (Lipinski definition) is 1. The monoisotopic (exact) mass is 219 g/mol. The SMILES string of the molecule is COC(=O)[C@@H](N)C1CCC(=C(F)F)CC1. The number of halogens is 2. The third-order valence-electron chi connectivity index (χ3n) is 2.88. The van der Waals surface area contributed by atoms with E-state index in [2.05, 4.69) is 4.74 Å². The minimum atomic E-state index is -1.58. The smallest absolute Gasteiger partial charge is 0.322 e. The van der Waals surface area contributed by atoms with Crippen LogP contribution in [0.5, 0.6) is 0 Å². The molecule has 3 nitrogen and oxygen atoms in total. The molecule has 5 heteroatoms. The van der Waals surface area contributed by atoms with E-state index < -0.39 is 18.1 Å². The molecule has 1 saturated carbocycles. The van der Waals surface area contributed by atoms with Crippen molar-refractivity contribution in [1.82, 2.24) is 0 Å². The molecule has 0 aromatic rings. The van der Waals surface area contributed by atoms with E-state index >= 15 is 0 Å². The quantitative estimate of drug-likeness (QED) is 0.721. The van der Waals surface area contributed by atoms with Crippen molar-refractivity contribution in [1.29, 1.82) is 0 Å². The van der Waals surface area contributed by atoms with E-state index in [1.807, 2.05) is 0 Å². The number of methoxy groups -OCH3 is 1. The van der Waals surface area contributed by atoms with Crippen LogP contribution >= 0.6 is 0 Å². The number of rotatable bonds is 2. The van der Waals surface area contributed by atoms with Crippen LogP contribution in [0.1, 0.15) is 25.7 Å². The lowest BCUT2D eigenvalue weighted by atomic mass is 9.82. The van der Waals surface area contributed by atoms with Gasteiger partial charge in [-0.25, -0.2) is 0 Å². The zero-order valence-electron chi connectivity index (χ0n) is 8.63. The molecular formula is C10H15F2NO2. The van der Waals surface area contributed by atoms with Gasteiger partial charge in [-0.15, -0.1) is 0 Å². The summed E-state index contributed by atoms with van der Waals surface area (Å²) in [7, 11) is 1.28. The molecule has 0 aromatic carbocycles. The molecule has 1 fully saturated rings. The fraction of sp³-hybridized carbons (Fsp3) is 0.700. The molecule has 0 radical (unpaired) electrons. The number of carbonyl (C=O) groups excluding carboxylic acids is 1. The summed E-state index contributed by atoms with van der Waals surface area (Å²) in [6, 6.07) is -0.681. The highest BCUT2D eigenvalue weighted by molar-refractivity contribution is 5.75. The van der Waals surface area contributed by atoms with E-state index in [0.717, 1.165) is 0 Å². The van der Waals surface area contributed by atoms with Crippen LogP contribution in [-0.2, 0) is 9.53 Å². The molecule has 0 bridgehead atoms. The first-order valence-corrected chi connectivity index (χ1v) is 4.92. The predicted octanol–water partition coefficient (Wildman–Crippen LogP) is 1.83. The molecule has 0 amide bonds. The summed E-state index contributed by atoms with van der Waals surface area (Å²) in [6.07, 6.45) is 0.140. The molecule has 0 spiro atoms. The van der Waals surface area contributed by atoms with Gasteiger partial charge in [-0.3, -0.25) is 4.79 Å². The third kappa shape index (κ3) is 2.99. The van der Waals surface area contributed by atoms with Gasteiger partial charge in [0.1, 0.15) is 6.04 Å². The minimum absolute atomic E-state index is 0.0412. The van der Waals surface area contributed by atoms with Crippen LogP contribution in [0, 0.1) is 5.92 Å². The molecule has 1 aliphatic carbocycles. The Kier molecular flexibility index (Phi) is 4.20. The van der Waals surface area contributed by atoms with Crippen molar-refractivity contribution in [2.75, 3.05) is 7.11 Å². The largest absolute Gasteiger partial charge is 0.468 e. The molecule has 2 N–H and O–H groups in total. The highest BCUT2D eigenvalue weighted by Crippen LogP contribution is 2.32. The van der Waals surface area contributed by atoms with Crippen LogP contribution < -0.4 is 5.73 Å². The molecule has 1 rings (SSSR count). The average molecular weight is 219 g/mol. The maximum absolute atomic E-state index is 12.2. The van der Waals surface area contributed by atoms with E-state index in [1.165, 1.54) is 7.11 Å². The zero-order valence-corrected chi connectivity index (χ0v) is 8.63. The highest BCUT2D eigenvalue weighted by atomic mass is 19.3. The normalized spacial score (nSPS) is 23.5. The summed E-state index contributed by atoms with van der Waals surface area (Å²) in [5.74, 6) is -0.506. The van der Waals surface area contributed by atoms with Gasteiger partial charge in [0.15, 0.2) is 0 Å². The second kappa shape index (κ2) is 5.21. The van der Waals surface area contributed by atoms with Crippen molar-refractivity contribution in [3.05, 3.63) is 11.7 Å². The van der Waals surface area contributed by atoms with Crippen molar-refractivity contribution in [2.45, 2.75) is 31.7 Å². The second-order valence-electron chi connectivity index (χ2n) is 3.75. The summed E-state index contributed by atoms with van der Waals surface area (Å²) < 4.78 is 29.0. The van der Waals surface area contributed by atoms with E-state index in [-0.39, 0.29) is 11.5 Å². The van der Waals surface area contributed by atoms with E-state index in [9.17, 15) is 13.6 Å². The van der Waals surface area contributed by atoms with Crippen LogP contribution in [0.3, 0.4) is 0 Å². The Bertz CT molecular complexity index is 265. The van der Waals surface area contributed by atoms with Crippen molar-refractivity contribution in [3.63, 3.8) is 0 Å². The number of allylic oxidation sites excluding steroid dienone is 1. The van der Waals surface area contributed by atoms with Crippen molar-refractivity contribution in [3.8, 4) is 0 Å². The van der Waals surface area contributed by atoms with Gasteiger partial charge in [0.25, 0.3) is 6.08 Å². The number of hydrogen-bond acceptors (Lipinski definition) is 3. The van der Waals surface area contributed by atoms with Gasteiger partial charge in [-0.2, -0.15) is 8.78 Å². The van der Waals surface area contributed by atoms with Gasteiger partial charge in [-0.05, 0) is 37.2 Å². The van der Waals surface area contributed by atoms with Crippen molar-refractivity contribution in [2.24, 2.45) is 11.7 Å². The lowest BCUT2D eigenvalue weighted by molar-refractivity contribution is -0.143. The number of ether oxygens (including phenoxy) is 1. The number of nitrogens with two attached hydrogens (primary N) is 1. The summed E-state index contributed by atoms with van der Waals surface area (Å²) in [5, 5.41) is 0. The Morgan fingerprint density at radius 3 is 2.40 bits per heavy atom. The second-order valence-corrected chi connectivity index (χ2v) is 3.75. The van der Waals surface area contributed by atoms with Crippen LogP contribution in [0.25, 0.3) is 0 Å². The highest BCUT2D eigenvalue weighted by Gasteiger charge is 2.29. The van der Waals surface area contributed by atoms with Gasteiger partial charge in [0.2, 0.25) is 0 Å².